The molecule has 0 saturated carbocycles. The van der Waals surface area contributed by atoms with E-state index in [1.165, 1.54) is 24.0 Å². The van der Waals surface area contributed by atoms with Gasteiger partial charge in [-0.1, -0.05) is 18.5 Å². The van der Waals surface area contributed by atoms with E-state index in [1.807, 2.05) is 13.8 Å². The summed E-state index contributed by atoms with van der Waals surface area (Å²) in [4.78, 5) is 18.3. The molecule has 1 atom stereocenters. The van der Waals surface area contributed by atoms with Gasteiger partial charge in [0.2, 0.25) is 0 Å². The van der Waals surface area contributed by atoms with Gasteiger partial charge in [0.1, 0.15) is 11.5 Å². The van der Waals surface area contributed by atoms with Crippen LogP contribution in [-0.4, -0.2) is 43.0 Å². The Labute approximate surface area is 183 Å². The van der Waals surface area contributed by atoms with Crippen molar-refractivity contribution >= 4 is 17.3 Å². The first-order valence-corrected chi connectivity index (χ1v) is 11.1. The molecule has 0 spiro atoms. The lowest BCUT2D eigenvalue weighted by atomic mass is 9.90. The number of ether oxygens (including phenoxy) is 2. The minimum absolute atomic E-state index is 0.0830. The number of benzene rings is 1. The number of aromatic nitrogens is 2. The second-order valence-electron chi connectivity index (χ2n) is 7.66. The fourth-order valence-corrected chi connectivity index (χ4v) is 4.34. The summed E-state index contributed by atoms with van der Waals surface area (Å²) in [5, 5.41) is 3.91. The van der Waals surface area contributed by atoms with Crippen LogP contribution in [0.5, 0.6) is 0 Å². The van der Waals surface area contributed by atoms with E-state index in [4.69, 9.17) is 26.1 Å². The highest BCUT2D eigenvalue weighted by atomic mass is 35.5. The largest absolute Gasteiger partial charge is 0.382 e. The van der Waals surface area contributed by atoms with Crippen molar-refractivity contribution in [3.63, 3.8) is 0 Å². The molecule has 164 valence electrons. The monoisotopic (exact) mass is 433 g/mol. The van der Waals surface area contributed by atoms with Gasteiger partial charge in [-0.3, -0.25) is 9.36 Å². The van der Waals surface area contributed by atoms with Crippen molar-refractivity contribution in [3.05, 3.63) is 44.3 Å². The van der Waals surface area contributed by atoms with E-state index >= 15 is 0 Å². The lowest BCUT2D eigenvalue weighted by molar-refractivity contribution is 0.0365. The molecule has 1 aliphatic carbocycles. The highest BCUT2D eigenvalue weighted by molar-refractivity contribution is 6.33. The maximum atomic E-state index is 13.4. The number of aryl methyl sites for hydroxylation is 3. The molecule has 30 heavy (non-hydrogen) atoms. The second-order valence-corrected chi connectivity index (χ2v) is 8.07. The highest BCUT2D eigenvalue weighted by Gasteiger charge is 2.21. The van der Waals surface area contributed by atoms with Crippen LogP contribution >= 0.6 is 11.6 Å². The van der Waals surface area contributed by atoms with Gasteiger partial charge >= 0.3 is 0 Å². The van der Waals surface area contributed by atoms with E-state index in [9.17, 15) is 4.79 Å². The van der Waals surface area contributed by atoms with Gasteiger partial charge in [0, 0.05) is 32.9 Å². The third-order valence-electron chi connectivity index (χ3n) is 5.76. The molecule has 1 N–H and O–H groups in total. The van der Waals surface area contributed by atoms with Crippen molar-refractivity contribution in [3.8, 4) is 11.4 Å². The number of methoxy groups -OCH3 is 2. The smallest absolute Gasteiger partial charge is 0.277 e. The molecule has 1 aromatic carbocycles. The van der Waals surface area contributed by atoms with E-state index in [-0.39, 0.29) is 11.7 Å². The Kier molecular flexibility index (Phi) is 7.92. The number of anilines is 1. The van der Waals surface area contributed by atoms with Gasteiger partial charge in [0.25, 0.3) is 5.56 Å². The number of rotatable bonds is 9. The van der Waals surface area contributed by atoms with Gasteiger partial charge in [0.05, 0.1) is 23.4 Å². The standard InChI is InChI=1S/C23H32ClN3O3/c1-5-20-21(25-13-17(30-4)14-29-3)23(28)27(6-2)22(26-20)18-11-15-9-7-8-10-16(15)12-19(18)24/h11-12,17,25H,5-10,13-14H2,1-4H3. The molecule has 1 heterocycles. The Balaban J connectivity index is 2.05. The van der Waals surface area contributed by atoms with Gasteiger partial charge in [-0.25, -0.2) is 4.98 Å². The van der Waals surface area contributed by atoms with Gasteiger partial charge < -0.3 is 14.8 Å². The first kappa shape index (κ1) is 22.8. The number of nitrogens with one attached hydrogen (secondary N) is 1. The molecule has 3 rings (SSSR count). The Morgan fingerprint density at radius 2 is 1.90 bits per heavy atom. The van der Waals surface area contributed by atoms with E-state index in [0.717, 1.165) is 24.1 Å². The highest BCUT2D eigenvalue weighted by Crippen LogP contribution is 2.33. The van der Waals surface area contributed by atoms with Crippen LogP contribution in [-0.2, 0) is 35.3 Å². The molecule has 0 radical (unpaired) electrons. The maximum Gasteiger partial charge on any atom is 0.277 e. The Morgan fingerprint density at radius 3 is 2.50 bits per heavy atom. The minimum atomic E-state index is -0.149. The molecule has 2 aromatic rings. The van der Waals surface area contributed by atoms with E-state index in [0.29, 0.717) is 42.7 Å². The summed E-state index contributed by atoms with van der Waals surface area (Å²) in [7, 11) is 3.27. The van der Waals surface area contributed by atoms with Crippen molar-refractivity contribution in [2.75, 3.05) is 32.7 Å². The first-order valence-electron chi connectivity index (χ1n) is 10.7. The Morgan fingerprint density at radius 1 is 1.20 bits per heavy atom. The molecule has 0 saturated heterocycles. The van der Waals surface area contributed by atoms with Crippen molar-refractivity contribution in [2.45, 2.75) is 58.6 Å². The number of nitrogens with zero attached hydrogens (tertiary/aromatic N) is 2. The van der Waals surface area contributed by atoms with Crippen LogP contribution < -0.4 is 10.9 Å². The van der Waals surface area contributed by atoms with Crippen LogP contribution in [0.4, 0.5) is 5.69 Å². The average molecular weight is 434 g/mol. The summed E-state index contributed by atoms with van der Waals surface area (Å²) in [6.45, 7) is 5.39. The first-order chi connectivity index (χ1) is 14.5. The summed E-state index contributed by atoms with van der Waals surface area (Å²) in [6.07, 6.45) is 4.99. The predicted molar refractivity (Wildman–Crippen MR) is 122 cm³/mol. The molecular weight excluding hydrogens is 402 g/mol. The van der Waals surface area contributed by atoms with Gasteiger partial charge in [-0.2, -0.15) is 0 Å². The minimum Gasteiger partial charge on any atom is -0.382 e. The third kappa shape index (κ3) is 4.71. The number of hydrogen-bond donors (Lipinski definition) is 1. The molecule has 1 aliphatic rings. The van der Waals surface area contributed by atoms with Crippen molar-refractivity contribution < 1.29 is 9.47 Å². The molecule has 0 aliphatic heterocycles. The predicted octanol–water partition coefficient (Wildman–Crippen LogP) is 4.10. The summed E-state index contributed by atoms with van der Waals surface area (Å²) in [5.74, 6) is 0.642. The SMILES string of the molecule is CCc1nc(-c2cc3c(cc2Cl)CCCC3)n(CC)c(=O)c1NCC(COC)OC. The zero-order chi connectivity index (χ0) is 21.7. The van der Waals surface area contributed by atoms with Gasteiger partial charge in [-0.05, 0) is 62.3 Å². The molecular formula is C23H32ClN3O3. The fourth-order valence-electron chi connectivity index (χ4n) is 4.07. The Bertz CT molecular complexity index is 942. The molecule has 1 unspecified atom stereocenters. The zero-order valence-corrected chi connectivity index (χ0v) is 19.1. The van der Waals surface area contributed by atoms with E-state index in [1.54, 1.807) is 18.8 Å². The number of hydrogen-bond acceptors (Lipinski definition) is 5. The molecule has 0 bridgehead atoms. The summed E-state index contributed by atoms with van der Waals surface area (Å²) >= 11 is 6.67. The molecule has 1 aromatic heterocycles. The van der Waals surface area contributed by atoms with Crippen molar-refractivity contribution in [1.29, 1.82) is 0 Å². The van der Waals surface area contributed by atoms with E-state index in [2.05, 4.69) is 17.4 Å². The number of fused-ring (bicyclic) bond motifs is 1. The topological polar surface area (TPSA) is 65.4 Å². The summed E-state index contributed by atoms with van der Waals surface area (Å²) in [5.41, 5.74) is 4.65. The lowest BCUT2D eigenvalue weighted by Gasteiger charge is -2.21. The van der Waals surface area contributed by atoms with Crippen LogP contribution in [0.1, 0.15) is 43.5 Å². The molecule has 0 amide bonds. The summed E-state index contributed by atoms with van der Waals surface area (Å²) < 4.78 is 12.3. The quantitative estimate of drug-likeness (QED) is 0.645. The zero-order valence-electron chi connectivity index (χ0n) is 18.4. The van der Waals surface area contributed by atoms with Crippen LogP contribution in [0, 0.1) is 0 Å². The van der Waals surface area contributed by atoms with Crippen molar-refractivity contribution in [1.82, 2.24) is 9.55 Å². The molecule has 7 heteroatoms. The second kappa shape index (κ2) is 10.4. The Hall–Kier alpha value is -1.89. The van der Waals surface area contributed by atoms with Gasteiger partial charge in [-0.15, -0.1) is 0 Å². The van der Waals surface area contributed by atoms with Crippen LogP contribution in [0.2, 0.25) is 5.02 Å². The molecule has 6 nitrogen and oxygen atoms in total. The maximum absolute atomic E-state index is 13.4. The van der Waals surface area contributed by atoms with E-state index < -0.39 is 0 Å². The third-order valence-corrected chi connectivity index (χ3v) is 6.07. The van der Waals surface area contributed by atoms with Crippen LogP contribution in [0.15, 0.2) is 16.9 Å². The summed E-state index contributed by atoms with van der Waals surface area (Å²) in [6, 6.07) is 4.19. The number of halogens is 1. The molecule has 0 fully saturated rings. The average Bonchev–Trinajstić information content (AvgIpc) is 2.76. The lowest BCUT2D eigenvalue weighted by Crippen LogP contribution is -2.32. The van der Waals surface area contributed by atoms with Crippen LogP contribution in [0.3, 0.4) is 0 Å². The van der Waals surface area contributed by atoms with Crippen molar-refractivity contribution in [2.24, 2.45) is 0 Å². The fraction of sp³-hybridized carbons (Fsp3) is 0.565. The normalized spacial score (nSPS) is 14.4. The van der Waals surface area contributed by atoms with Gasteiger partial charge in [0.15, 0.2) is 0 Å². The van der Waals surface area contributed by atoms with Crippen LogP contribution in [0.25, 0.3) is 11.4 Å².